The van der Waals surface area contributed by atoms with E-state index in [0.29, 0.717) is 0 Å². The maximum Gasteiger partial charge on any atom is 0.127 e. The monoisotopic (exact) mass is 277 g/mol. The van der Waals surface area contributed by atoms with Gasteiger partial charge in [0.1, 0.15) is 12.1 Å². The number of rotatable bonds is 5. The summed E-state index contributed by atoms with van der Waals surface area (Å²) in [6.07, 6.45) is 5.34. The highest BCUT2D eigenvalue weighted by Crippen LogP contribution is 2.38. The zero-order chi connectivity index (χ0) is 14.6. The van der Waals surface area contributed by atoms with Gasteiger partial charge in [-0.25, -0.2) is 4.39 Å². The van der Waals surface area contributed by atoms with Crippen LogP contribution in [0.3, 0.4) is 0 Å². The molecule has 1 fully saturated rings. The van der Waals surface area contributed by atoms with Crippen molar-refractivity contribution in [3.05, 3.63) is 30.1 Å². The van der Waals surface area contributed by atoms with Crippen molar-refractivity contribution >= 4 is 12.0 Å². The van der Waals surface area contributed by atoms with Crippen molar-refractivity contribution in [2.45, 2.75) is 39.5 Å². The number of hydrogen-bond acceptors (Lipinski definition) is 2. The summed E-state index contributed by atoms with van der Waals surface area (Å²) in [6.45, 7) is 5.90. The standard InChI is InChI=1S/C17H24FNO/c1-3-19(16-6-4-15(18)5-7-16)12-17(13-20)10-8-14(2)9-11-17/h4-7,13-14H,3,8-12H2,1-2H3. The summed E-state index contributed by atoms with van der Waals surface area (Å²) >= 11 is 0. The summed E-state index contributed by atoms with van der Waals surface area (Å²) in [5, 5.41) is 0. The molecule has 0 spiro atoms. The van der Waals surface area contributed by atoms with Gasteiger partial charge in [0, 0.05) is 24.2 Å². The molecule has 0 amide bonds. The summed E-state index contributed by atoms with van der Waals surface area (Å²) in [5.74, 6) is 0.505. The van der Waals surface area contributed by atoms with E-state index in [0.717, 1.165) is 56.7 Å². The van der Waals surface area contributed by atoms with Crippen LogP contribution in [0, 0.1) is 17.2 Å². The molecule has 2 rings (SSSR count). The fourth-order valence-electron chi connectivity index (χ4n) is 3.07. The molecule has 110 valence electrons. The summed E-state index contributed by atoms with van der Waals surface area (Å²) in [7, 11) is 0. The van der Waals surface area contributed by atoms with Crippen LogP contribution in [-0.2, 0) is 4.79 Å². The van der Waals surface area contributed by atoms with E-state index in [2.05, 4.69) is 18.7 Å². The Morgan fingerprint density at radius 1 is 1.30 bits per heavy atom. The van der Waals surface area contributed by atoms with Crippen LogP contribution >= 0.6 is 0 Å². The molecule has 0 saturated heterocycles. The zero-order valence-corrected chi connectivity index (χ0v) is 12.4. The molecule has 1 aromatic carbocycles. The molecule has 3 heteroatoms. The van der Waals surface area contributed by atoms with Gasteiger partial charge < -0.3 is 9.69 Å². The first kappa shape index (κ1) is 15.0. The number of nitrogens with zero attached hydrogens (tertiary/aromatic N) is 1. The number of aldehydes is 1. The van der Waals surface area contributed by atoms with Crippen molar-refractivity contribution < 1.29 is 9.18 Å². The topological polar surface area (TPSA) is 20.3 Å². The van der Waals surface area contributed by atoms with Crippen LogP contribution in [0.15, 0.2) is 24.3 Å². The van der Waals surface area contributed by atoms with Gasteiger partial charge in [-0.05, 0) is 62.8 Å². The summed E-state index contributed by atoms with van der Waals surface area (Å²) in [5.41, 5.74) is 0.769. The Labute approximate surface area is 121 Å². The third-order valence-corrected chi connectivity index (χ3v) is 4.60. The van der Waals surface area contributed by atoms with Crippen LogP contribution in [0.2, 0.25) is 0 Å². The zero-order valence-electron chi connectivity index (χ0n) is 12.4. The quantitative estimate of drug-likeness (QED) is 0.757. The van der Waals surface area contributed by atoms with Crippen LogP contribution in [0.25, 0.3) is 0 Å². The number of hydrogen-bond donors (Lipinski definition) is 0. The lowest BCUT2D eigenvalue weighted by atomic mass is 9.71. The average molecular weight is 277 g/mol. The van der Waals surface area contributed by atoms with E-state index in [-0.39, 0.29) is 11.2 Å². The second-order valence-electron chi connectivity index (χ2n) is 6.15. The second-order valence-corrected chi connectivity index (χ2v) is 6.15. The lowest BCUT2D eigenvalue weighted by Gasteiger charge is -2.39. The van der Waals surface area contributed by atoms with Gasteiger partial charge >= 0.3 is 0 Å². The second kappa shape index (κ2) is 6.38. The SMILES string of the molecule is CCN(CC1(C=O)CCC(C)CC1)c1ccc(F)cc1. The fourth-order valence-corrected chi connectivity index (χ4v) is 3.07. The van der Waals surface area contributed by atoms with Gasteiger partial charge in [-0.3, -0.25) is 0 Å². The molecule has 0 radical (unpaired) electrons. The molecule has 1 aliphatic carbocycles. The molecule has 0 aliphatic heterocycles. The van der Waals surface area contributed by atoms with E-state index < -0.39 is 0 Å². The number of halogens is 1. The van der Waals surface area contributed by atoms with Crippen molar-refractivity contribution in [3.63, 3.8) is 0 Å². The third kappa shape index (κ3) is 3.38. The van der Waals surface area contributed by atoms with Gasteiger partial charge in [0.25, 0.3) is 0 Å². The van der Waals surface area contributed by atoms with Crippen LogP contribution in [-0.4, -0.2) is 19.4 Å². The van der Waals surface area contributed by atoms with Crippen LogP contribution in [0.1, 0.15) is 39.5 Å². The highest BCUT2D eigenvalue weighted by Gasteiger charge is 2.35. The molecule has 1 aromatic rings. The predicted octanol–water partition coefficient (Wildman–Crippen LogP) is 4.05. The van der Waals surface area contributed by atoms with E-state index in [1.165, 1.54) is 12.1 Å². The van der Waals surface area contributed by atoms with Gasteiger partial charge in [-0.15, -0.1) is 0 Å². The Morgan fingerprint density at radius 2 is 1.90 bits per heavy atom. The molecular formula is C17H24FNO. The van der Waals surface area contributed by atoms with E-state index >= 15 is 0 Å². The van der Waals surface area contributed by atoms with Crippen LogP contribution < -0.4 is 4.90 Å². The molecular weight excluding hydrogens is 253 g/mol. The molecule has 0 atom stereocenters. The third-order valence-electron chi connectivity index (χ3n) is 4.60. The fraction of sp³-hybridized carbons (Fsp3) is 0.588. The van der Waals surface area contributed by atoms with E-state index in [4.69, 9.17) is 0 Å². The van der Waals surface area contributed by atoms with Crippen molar-refractivity contribution in [1.82, 2.24) is 0 Å². The first-order valence-electron chi connectivity index (χ1n) is 7.55. The van der Waals surface area contributed by atoms with E-state index in [1.807, 2.05) is 0 Å². The van der Waals surface area contributed by atoms with Crippen LogP contribution in [0.5, 0.6) is 0 Å². The van der Waals surface area contributed by atoms with Crippen molar-refractivity contribution in [3.8, 4) is 0 Å². The van der Waals surface area contributed by atoms with Gasteiger partial charge in [0.05, 0.1) is 0 Å². The summed E-state index contributed by atoms with van der Waals surface area (Å²) < 4.78 is 13.0. The molecule has 0 N–H and O–H groups in total. The Balaban J connectivity index is 2.11. The first-order chi connectivity index (χ1) is 9.58. The molecule has 0 unspecified atom stereocenters. The summed E-state index contributed by atoms with van der Waals surface area (Å²) in [6, 6.07) is 6.55. The molecule has 2 nitrogen and oxygen atoms in total. The lowest BCUT2D eigenvalue weighted by molar-refractivity contribution is -0.117. The lowest BCUT2D eigenvalue weighted by Crippen LogP contribution is -2.41. The largest absolute Gasteiger partial charge is 0.371 e. The molecule has 0 aromatic heterocycles. The Bertz CT molecular complexity index is 435. The highest BCUT2D eigenvalue weighted by molar-refractivity contribution is 5.62. The minimum atomic E-state index is -0.225. The highest BCUT2D eigenvalue weighted by atomic mass is 19.1. The number of benzene rings is 1. The molecule has 0 bridgehead atoms. The summed E-state index contributed by atoms with van der Waals surface area (Å²) in [4.78, 5) is 13.8. The number of carbonyl (C=O) groups is 1. The van der Waals surface area contributed by atoms with Gasteiger partial charge in [-0.1, -0.05) is 6.92 Å². The maximum absolute atomic E-state index is 13.0. The van der Waals surface area contributed by atoms with Crippen molar-refractivity contribution in [2.75, 3.05) is 18.0 Å². The molecule has 1 aliphatic rings. The van der Waals surface area contributed by atoms with E-state index in [9.17, 15) is 9.18 Å². The maximum atomic E-state index is 13.0. The average Bonchev–Trinajstić information content (AvgIpc) is 2.48. The Hall–Kier alpha value is -1.38. The van der Waals surface area contributed by atoms with Crippen molar-refractivity contribution in [2.24, 2.45) is 11.3 Å². The van der Waals surface area contributed by atoms with Gasteiger partial charge in [0.2, 0.25) is 0 Å². The molecule has 0 heterocycles. The van der Waals surface area contributed by atoms with Gasteiger partial charge in [-0.2, -0.15) is 0 Å². The molecule has 1 saturated carbocycles. The number of anilines is 1. The Kier molecular flexibility index (Phi) is 4.79. The first-order valence-corrected chi connectivity index (χ1v) is 7.55. The minimum absolute atomic E-state index is 0.221. The van der Waals surface area contributed by atoms with E-state index in [1.54, 1.807) is 12.1 Å². The smallest absolute Gasteiger partial charge is 0.127 e. The molecule has 20 heavy (non-hydrogen) atoms. The van der Waals surface area contributed by atoms with Gasteiger partial charge in [0.15, 0.2) is 0 Å². The minimum Gasteiger partial charge on any atom is -0.371 e. The van der Waals surface area contributed by atoms with Crippen LogP contribution in [0.4, 0.5) is 10.1 Å². The number of carbonyl (C=O) groups excluding carboxylic acids is 1. The Morgan fingerprint density at radius 3 is 2.40 bits per heavy atom. The van der Waals surface area contributed by atoms with Crippen molar-refractivity contribution in [1.29, 1.82) is 0 Å². The normalized spacial score (nSPS) is 26.2. The predicted molar refractivity (Wildman–Crippen MR) is 80.4 cm³/mol.